The second-order valence-corrected chi connectivity index (χ2v) is 8.15. The van der Waals surface area contributed by atoms with Crippen LogP contribution in [0, 0.1) is 41.5 Å². The van der Waals surface area contributed by atoms with E-state index in [4.69, 9.17) is 0 Å². The molecule has 4 aliphatic carbocycles. The van der Waals surface area contributed by atoms with E-state index in [2.05, 4.69) is 40.1 Å². The largest absolute Gasteiger partial charge is 0.476 e. The molecule has 0 amide bonds. The summed E-state index contributed by atoms with van der Waals surface area (Å²) in [4.78, 5) is 0. The molecule has 0 spiro atoms. The van der Waals surface area contributed by atoms with Crippen LogP contribution >= 0.6 is 0 Å². The highest BCUT2D eigenvalue weighted by atomic mass is 14.9. The standard InChI is InChI=1S/C16H29N/c1-10(2)11-7-15(3)9-16(4)8-12(11)13(15)6-14(16)17-5/h10-14H,5-9,17H2,1-4H3/t11-,12?,13?,14?,15+,16-/m1/s1. The van der Waals surface area contributed by atoms with Crippen molar-refractivity contribution in [1.82, 2.24) is 0 Å². The molecule has 0 radical (unpaired) electrons. The molecule has 4 saturated carbocycles. The van der Waals surface area contributed by atoms with Gasteiger partial charge in [-0.2, -0.15) is 7.05 Å². The van der Waals surface area contributed by atoms with Crippen LogP contribution in [0.15, 0.2) is 0 Å². The third-order valence-electron chi connectivity index (χ3n) is 6.72. The van der Waals surface area contributed by atoms with Gasteiger partial charge in [0.25, 0.3) is 0 Å². The molecular formula is C16H29N. The van der Waals surface area contributed by atoms with Gasteiger partial charge in [0.15, 0.2) is 0 Å². The molecule has 4 bridgehead atoms. The quantitative estimate of drug-likeness (QED) is 0.709. The lowest BCUT2D eigenvalue weighted by molar-refractivity contribution is -0.659. The molecular weight excluding hydrogens is 206 g/mol. The molecule has 1 heteroatoms. The minimum Gasteiger partial charge on any atom is -0.476 e. The number of hydrogen-bond donors (Lipinski definition) is 1. The summed E-state index contributed by atoms with van der Waals surface area (Å²) in [5.74, 6) is 3.90. The predicted octanol–water partition coefficient (Wildman–Crippen LogP) is 2.83. The van der Waals surface area contributed by atoms with Crippen LogP contribution in [0.4, 0.5) is 0 Å². The summed E-state index contributed by atoms with van der Waals surface area (Å²) in [6.07, 6.45) is 5.87. The Morgan fingerprint density at radius 3 is 2.41 bits per heavy atom. The summed E-state index contributed by atoms with van der Waals surface area (Å²) in [6, 6.07) is 0.794. The van der Waals surface area contributed by atoms with Gasteiger partial charge in [0, 0.05) is 11.8 Å². The molecule has 4 fully saturated rings. The van der Waals surface area contributed by atoms with E-state index in [1.807, 2.05) is 0 Å². The van der Waals surface area contributed by atoms with Gasteiger partial charge in [-0.25, -0.2) is 0 Å². The monoisotopic (exact) mass is 235 g/mol. The van der Waals surface area contributed by atoms with Crippen molar-refractivity contribution in [2.45, 2.75) is 59.4 Å². The van der Waals surface area contributed by atoms with Gasteiger partial charge in [0.2, 0.25) is 0 Å². The zero-order valence-corrected chi connectivity index (χ0v) is 12.0. The average Bonchev–Trinajstić information content (AvgIpc) is 2.43. The van der Waals surface area contributed by atoms with Crippen molar-refractivity contribution in [3.8, 4) is 0 Å². The van der Waals surface area contributed by atoms with Crippen LogP contribution in [0.25, 0.3) is 0 Å². The fourth-order valence-corrected chi connectivity index (χ4v) is 6.10. The fourth-order valence-electron chi connectivity index (χ4n) is 6.10. The molecule has 2 N–H and O–H groups in total. The van der Waals surface area contributed by atoms with Gasteiger partial charge in [-0.15, -0.1) is 0 Å². The van der Waals surface area contributed by atoms with Crippen molar-refractivity contribution < 1.29 is 5.32 Å². The Balaban J connectivity index is 1.94. The predicted molar refractivity (Wildman–Crippen MR) is 71.1 cm³/mol. The summed E-state index contributed by atoms with van der Waals surface area (Å²) in [7, 11) is 4.10. The second-order valence-electron chi connectivity index (χ2n) is 8.15. The van der Waals surface area contributed by atoms with E-state index < -0.39 is 0 Å². The maximum absolute atomic E-state index is 4.10. The van der Waals surface area contributed by atoms with Crippen LogP contribution < -0.4 is 5.32 Å². The van der Waals surface area contributed by atoms with Crippen LogP contribution in [-0.2, 0) is 0 Å². The molecule has 3 unspecified atom stereocenters. The fraction of sp³-hybridized carbons (Fsp3) is 0.938. The number of hydrogen-bond acceptors (Lipinski definition) is 0. The Hall–Kier alpha value is -0.0400. The average molecular weight is 235 g/mol. The summed E-state index contributed by atoms with van der Waals surface area (Å²) < 4.78 is 0. The van der Waals surface area contributed by atoms with Crippen molar-refractivity contribution in [2.75, 3.05) is 0 Å². The molecule has 1 nitrogen and oxygen atoms in total. The van der Waals surface area contributed by atoms with Gasteiger partial charge in [0.05, 0.1) is 6.04 Å². The molecule has 0 saturated heterocycles. The van der Waals surface area contributed by atoms with E-state index in [-0.39, 0.29) is 0 Å². The molecule has 0 aromatic rings. The summed E-state index contributed by atoms with van der Waals surface area (Å²) in [5, 5.41) is 2.26. The maximum atomic E-state index is 4.10. The second kappa shape index (κ2) is 3.50. The summed E-state index contributed by atoms with van der Waals surface area (Å²) >= 11 is 0. The molecule has 0 heterocycles. The number of fused-ring (bicyclic) bond motifs is 1. The van der Waals surface area contributed by atoms with E-state index in [0.717, 1.165) is 29.7 Å². The molecule has 4 rings (SSSR count). The number of quaternary nitrogens is 1. The smallest absolute Gasteiger partial charge is 0.0677 e. The van der Waals surface area contributed by atoms with Crippen molar-refractivity contribution in [1.29, 1.82) is 0 Å². The van der Waals surface area contributed by atoms with Gasteiger partial charge in [-0.1, -0.05) is 27.7 Å². The first kappa shape index (κ1) is 12.0. The van der Waals surface area contributed by atoms with E-state index in [1.54, 1.807) is 0 Å². The molecule has 98 valence electrons. The van der Waals surface area contributed by atoms with E-state index in [1.165, 1.54) is 25.7 Å². The van der Waals surface area contributed by atoms with Gasteiger partial charge < -0.3 is 5.32 Å². The minimum absolute atomic E-state index is 0.569. The highest BCUT2D eigenvalue weighted by Crippen LogP contribution is 2.69. The summed E-state index contributed by atoms with van der Waals surface area (Å²) in [6.45, 7) is 10.0. The van der Waals surface area contributed by atoms with Crippen molar-refractivity contribution in [2.24, 2.45) is 34.5 Å². The topological polar surface area (TPSA) is 16.6 Å². The Bertz CT molecular complexity index is 323. The zero-order valence-electron chi connectivity index (χ0n) is 12.0. The van der Waals surface area contributed by atoms with Crippen LogP contribution in [0.2, 0.25) is 0 Å². The van der Waals surface area contributed by atoms with Crippen LogP contribution in [0.1, 0.15) is 53.4 Å². The molecule has 0 aromatic carbocycles. The first-order valence-electron chi connectivity index (χ1n) is 7.52. The van der Waals surface area contributed by atoms with Gasteiger partial charge in [-0.05, 0) is 48.3 Å². The number of rotatable bonds is 2. The number of nitrogens with two attached hydrogens (primary N) is 1. The molecule has 0 aromatic heterocycles. The zero-order chi connectivity index (χ0) is 12.4. The van der Waals surface area contributed by atoms with Gasteiger partial charge >= 0.3 is 0 Å². The van der Waals surface area contributed by atoms with Crippen LogP contribution in [-0.4, -0.2) is 6.04 Å². The SMILES string of the molecule is [CH2-][NH2+]C1CC2C3C[C@]1(C)C[C@]2(C)C[C@@H]3C(C)C. The Labute approximate surface area is 107 Å². The Morgan fingerprint density at radius 1 is 1.18 bits per heavy atom. The van der Waals surface area contributed by atoms with E-state index in [0.29, 0.717) is 10.8 Å². The first-order chi connectivity index (χ1) is 7.89. The van der Waals surface area contributed by atoms with Gasteiger partial charge in [0.1, 0.15) is 0 Å². The normalized spacial score (nSPS) is 56.8. The minimum atomic E-state index is 0.569. The first-order valence-corrected chi connectivity index (χ1v) is 7.52. The third-order valence-corrected chi connectivity index (χ3v) is 6.72. The van der Waals surface area contributed by atoms with E-state index in [9.17, 15) is 0 Å². The molecule has 6 atom stereocenters. The lowest BCUT2D eigenvalue weighted by Gasteiger charge is -2.57. The van der Waals surface area contributed by atoms with Crippen molar-refractivity contribution in [3.63, 3.8) is 0 Å². The summed E-state index contributed by atoms with van der Waals surface area (Å²) in [5.41, 5.74) is 1.23. The maximum Gasteiger partial charge on any atom is 0.0677 e. The lowest BCUT2D eigenvalue weighted by Crippen LogP contribution is -2.89. The highest BCUT2D eigenvalue weighted by Gasteiger charge is 2.64. The van der Waals surface area contributed by atoms with Crippen molar-refractivity contribution in [3.05, 3.63) is 7.05 Å². The third kappa shape index (κ3) is 1.47. The Kier molecular flexibility index (Phi) is 2.47. The molecule has 0 aliphatic heterocycles. The van der Waals surface area contributed by atoms with Crippen LogP contribution in [0.5, 0.6) is 0 Å². The molecule has 4 aliphatic rings. The van der Waals surface area contributed by atoms with Gasteiger partial charge in [-0.3, -0.25) is 0 Å². The van der Waals surface area contributed by atoms with E-state index >= 15 is 0 Å². The lowest BCUT2D eigenvalue weighted by atomic mass is 9.49. The highest BCUT2D eigenvalue weighted by molar-refractivity contribution is 5.13. The molecule has 17 heavy (non-hydrogen) atoms. The van der Waals surface area contributed by atoms with Crippen LogP contribution in [0.3, 0.4) is 0 Å². The Morgan fingerprint density at radius 2 is 1.88 bits per heavy atom. The van der Waals surface area contributed by atoms with Crippen molar-refractivity contribution >= 4 is 0 Å².